The standard InChI is InChI=1S/C21H27F3N6O/c1-11(2)19-20(31)28-18-12(3)26-17(7-15(18)29(19)4)27-14-5-13(6-14)8-30-9-16(25-10-30)21(22,23)24/h7,9-11,13-14,19H,5-6,8H2,1-4H3,(H,26,27)(H,28,31). The summed E-state index contributed by atoms with van der Waals surface area (Å²) in [5.74, 6) is 1.17. The minimum Gasteiger partial charge on any atom is -0.367 e. The molecule has 31 heavy (non-hydrogen) atoms. The highest BCUT2D eigenvalue weighted by molar-refractivity contribution is 6.04. The Morgan fingerprint density at radius 1 is 1.32 bits per heavy atom. The van der Waals surface area contributed by atoms with Crippen LogP contribution in [0.4, 0.5) is 30.4 Å². The number of alkyl halides is 3. The fourth-order valence-electron chi connectivity index (χ4n) is 4.55. The van der Waals surface area contributed by atoms with Crippen molar-refractivity contribution in [2.45, 2.75) is 58.4 Å². The van der Waals surface area contributed by atoms with Crippen LogP contribution >= 0.6 is 0 Å². The number of aromatic nitrogens is 3. The number of fused-ring (bicyclic) bond motifs is 1. The van der Waals surface area contributed by atoms with Crippen LogP contribution in [0.3, 0.4) is 0 Å². The molecule has 2 aromatic rings. The second-order valence-electron chi connectivity index (χ2n) is 8.91. The van der Waals surface area contributed by atoms with Crippen molar-refractivity contribution >= 4 is 23.1 Å². The fraction of sp³-hybridized carbons (Fsp3) is 0.571. The maximum absolute atomic E-state index is 12.7. The topological polar surface area (TPSA) is 75.1 Å². The van der Waals surface area contributed by atoms with Crippen molar-refractivity contribution in [1.29, 1.82) is 0 Å². The van der Waals surface area contributed by atoms with Gasteiger partial charge in [0.1, 0.15) is 11.9 Å². The van der Waals surface area contributed by atoms with E-state index < -0.39 is 11.9 Å². The molecule has 2 aromatic heterocycles. The average Bonchev–Trinajstić information content (AvgIpc) is 3.10. The monoisotopic (exact) mass is 436 g/mol. The summed E-state index contributed by atoms with van der Waals surface area (Å²) >= 11 is 0. The number of carbonyl (C=O) groups excluding carboxylic acids is 1. The van der Waals surface area contributed by atoms with Gasteiger partial charge in [-0.3, -0.25) is 4.79 Å². The van der Waals surface area contributed by atoms with Crippen molar-refractivity contribution in [3.8, 4) is 0 Å². The molecule has 0 aromatic carbocycles. The highest BCUT2D eigenvalue weighted by atomic mass is 19.4. The van der Waals surface area contributed by atoms with Gasteiger partial charge in [-0.15, -0.1) is 0 Å². The summed E-state index contributed by atoms with van der Waals surface area (Å²) < 4.78 is 39.6. The number of carbonyl (C=O) groups is 1. The Kier molecular flexibility index (Phi) is 5.35. The minimum absolute atomic E-state index is 0.0226. The number of pyridine rings is 1. The lowest BCUT2D eigenvalue weighted by Gasteiger charge is -2.39. The van der Waals surface area contributed by atoms with Crippen LogP contribution in [0.1, 0.15) is 38.1 Å². The number of amides is 1. The molecule has 0 radical (unpaired) electrons. The molecule has 2 aliphatic rings. The largest absolute Gasteiger partial charge is 0.434 e. The van der Waals surface area contributed by atoms with E-state index in [0.29, 0.717) is 12.5 Å². The van der Waals surface area contributed by atoms with E-state index in [-0.39, 0.29) is 23.9 Å². The Morgan fingerprint density at radius 3 is 2.65 bits per heavy atom. The molecule has 0 spiro atoms. The van der Waals surface area contributed by atoms with Gasteiger partial charge in [0.2, 0.25) is 5.91 Å². The molecule has 0 saturated heterocycles. The van der Waals surface area contributed by atoms with E-state index in [4.69, 9.17) is 0 Å². The molecular weight excluding hydrogens is 409 g/mol. The zero-order chi connectivity index (χ0) is 22.5. The van der Waals surface area contributed by atoms with Crippen molar-refractivity contribution in [3.63, 3.8) is 0 Å². The molecule has 1 saturated carbocycles. The van der Waals surface area contributed by atoms with E-state index >= 15 is 0 Å². The van der Waals surface area contributed by atoms with Gasteiger partial charge in [-0.1, -0.05) is 13.8 Å². The lowest BCUT2D eigenvalue weighted by molar-refractivity contribution is -0.141. The van der Waals surface area contributed by atoms with Gasteiger partial charge >= 0.3 is 6.18 Å². The predicted octanol–water partition coefficient (Wildman–Crippen LogP) is 3.91. The quantitative estimate of drug-likeness (QED) is 0.744. The van der Waals surface area contributed by atoms with Crippen molar-refractivity contribution in [2.24, 2.45) is 11.8 Å². The number of aryl methyl sites for hydroxylation is 1. The highest BCUT2D eigenvalue weighted by Crippen LogP contribution is 2.38. The number of likely N-dealkylation sites (N-methyl/N-ethyl adjacent to an activating group) is 1. The molecule has 2 N–H and O–H groups in total. The minimum atomic E-state index is -4.41. The van der Waals surface area contributed by atoms with E-state index in [2.05, 4.69) is 20.6 Å². The third-order valence-electron chi connectivity index (χ3n) is 6.11. The Morgan fingerprint density at radius 2 is 2.03 bits per heavy atom. The second-order valence-corrected chi connectivity index (χ2v) is 8.91. The number of imidazole rings is 1. The smallest absolute Gasteiger partial charge is 0.367 e. The molecule has 1 aliphatic carbocycles. The zero-order valence-corrected chi connectivity index (χ0v) is 18.0. The maximum Gasteiger partial charge on any atom is 0.434 e. The summed E-state index contributed by atoms with van der Waals surface area (Å²) in [7, 11) is 1.92. The van der Waals surface area contributed by atoms with Crippen molar-refractivity contribution in [3.05, 3.63) is 30.0 Å². The van der Waals surface area contributed by atoms with Gasteiger partial charge in [0, 0.05) is 31.9 Å². The molecule has 10 heteroatoms. The molecule has 7 nitrogen and oxygen atoms in total. The molecular formula is C21H27F3N6O. The van der Waals surface area contributed by atoms with Gasteiger partial charge in [-0.05, 0) is 31.6 Å². The Labute approximate surface area is 179 Å². The van der Waals surface area contributed by atoms with Crippen LogP contribution in [0, 0.1) is 18.8 Å². The van der Waals surface area contributed by atoms with Crippen LogP contribution in [0.5, 0.6) is 0 Å². The first-order valence-corrected chi connectivity index (χ1v) is 10.4. The third kappa shape index (κ3) is 4.20. The van der Waals surface area contributed by atoms with Gasteiger partial charge in [0.25, 0.3) is 0 Å². The molecule has 1 fully saturated rings. The number of anilines is 3. The normalized spacial score (nSPS) is 23.4. The van der Waals surface area contributed by atoms with Crippen LogP contribution in [0.15, 0.2) is 18.6 Å². The van der Waals surface area contributed by atoms with Crippen LogP contribution < -0.4 is 15.5 Å². The number of nitrogens with zero attached hydrogens (tertiary/aromatic N) is 4. The van der Waals surface area contributed by atoms with E-state index in [1.807, 2.05) is 38.8 Å². The number of rotatable bonds is 5. The summed E-state index contributed by atoms with van der Waals surface area (Å²) in [5.41, 5.74) is 1.56. The Hall–Kier alpha value is -2.78. The first-order valence-electron chi connectivity index (χ1n) is 10.4. The molecule has 4 rings (SSSR count). The van der Waals surface area contributed by atoms with Crippen LogP contribution in [-0.2, 0) is 17.5 Å². The molecule has 1 amide bonds. The Balaban J connectivity index is 1.39. The lowest BCUT2D eigenvalue weighted by Crippen LogP contribution is -2.49. The molecule has 3 heterocycles. The molecule has 1 aliphatic heterocycles. The molecule has 0 bridgehead atoms. The van der Waals surface area contributed by atoms with Gasteiger partial charge in [-0.25, -0.2) is 9.97 Å². The summed E-state index contributed by atoms with van der Waals surface area (Å²) in [6.45, 7) is 6.42. The molecule has 1 atom stereocenters. The fourth-order valence-corrected chi connectivity index (χ4v) is 4.55. The maximum atomic E-state index is 12.7. The second kappa shape index (κ2) is 7.72. The number of hydrogen-bond donors (Lipinski definition) is 2. The lowest BCUT2D eigenvalue weighted by atomic mass is 9.80. The third-order valence-corrected chi connectivity index (χ3v) is 6.11. The first kappa shape index (κ1) is 21.5. The molecule has 1 unspecified atom stereocenters. The zero-order valence-electron chi connectivity index (χ0n) is 18.0. The summed E-state index contributed by atoms with van der Waals surface area (Å²) in [4.78, 5) is 22.5. The Bertz CT molecular complexity index is 980. The average molecular weight is 436 g/mol. The van der Waals surface area contributed by atoms with Crippen LogP contribution in [0.2, 0.25) is 0 Å². The summed E-state index contributed by atoms with van der Waals surface area (Å²) in [6, 6.07) is 1.92. The van der Waals surface area contributed by atoms with E-state index in [9.17, 15) is 18.0 Å². The SMILES string of the molecule is Cc1nc(NC2CC(Cn3cnc(C(F)(F)F)c3)C2)cc2c1NC(=O)C(C(C)C)N2C. The van der Waals surface area contributed by atoms with Gasteiger partial charge in [0.05, 0.1) is 23.4 Å². The number of hydrogen-bond acceptors (Lipinski definition) is 5. The van der Waals surface area contributed by atoms with E-state index in [1.165, 1.54) is 10.9 Å². The van der Waals surface area contributed by atoms with Gasteiger partial charge in [0.15, 0.2) is 5.69 Å². The van der Waals surface area contributed by atoms with E-state index in [0.717, 1.165) is 41.9 Å². The molecule has 168 valence electrons. The van der Waals surface area contributed by atoms with Gasteiger partial charge < -0.3 is 20.1 Å². The number of nitrogens with one attached hydrogen (secondary N) is 2. The summed E-state index contributed by atoms with van der Waals surface area (Å²) in [5, 5.41) is 6.42. The van der Waals surface area contributed by atoms with Crippen molar-refractivity contribution < 1.29 is 18.0 Å². The van der Waals surface area contributed by atoms with Crippen LogP contribution in [0.25, 0.3) is 0 Å². The van der Waals surface area contributed by atoms with Crippen LogP contribution in [-0.4, -0.2) is 39.6 Å². The van der Waals surface area contributed by atoms with Crippen molar-refractivity contribution in [1.82, 2.24) is 14.5 Å². The van der Waals surface area contributed by atoms with Gasteiger partial charge in [-0.2, -0.15) is 13.2 Å². The first-order chi connectivity index (χ1) is 14.5. The van der Waals surface area contributed by atoms with E-state index in [1.54, 1.807) is 0 Å². The predicted molar refractivity (Wildman–Crippen MR) is 112 cm³/mol. The highest BCUT2D eigenvalue weighted by Gasteiger charge is 2.36. The van der Waals surface area contributed by atoms with Crippen molar-refractivity contribution in [2.75, 3.05) is 22.6 Å². The summed E-state index contributed by atoms with van der Waals surface area (Å²) in [6.07, 6.45) is -0.416. The number of halogens is 3.